The molecular weight excluding hydrogens is 468 g/mol. The number of aromatic nitrogens is 2. The summed E-state index contributed by atoms with van der Waals surface area (Å²) in [5, 5.41) is 2.60. The number of nitrogens with two attached hydrogens (primary N) is 1. The fraction of sp³-hybridized carbons (Fsp3) is 0.417. The summed E-state index contributed by atoms with van der Waals surface area (Å²) < 4.78 is 6.21. The monoisotopic (exact) mass is 498 g/mol. The van der Waals surface area contributed by atoms with Gasteiger partial charge in [-0.05, 0) is 51.5 Å². The average Bonchev–Trinajstić information content (AvgIpc) is 2.83. The van der Waals surface area contributed by atoms with E-state index in [1.54, 1.807) is 38.1 Å². The van der Waals surface area contributed by atoms with Crippen LogP contribution in [0, 0.1) is 0 Å². The number of nitrogens with zero attached hydrogens (tertiary/aromatic N) is 4. The van der Waals surface area contributed by atoms with E-state index in [9.17, 15) is 24.0 Å². The summed E-state index contributed by atoms with van der Waals surface area (Å²) in [4.78, 5) is 67.0. The normalized spacial score (nSPS) is 14.2. The van der Waals surface area contributed by atoms with Crippen molar-refractivity contribution in [3.8, 4) is 5.69 Å². The average molecular weight is 499 g/mol. The van der Waals surface area contributed by atoms with E-state index in [1.165, 1.54) is 40.5 Å². The minimum absolute atomic E-state index is 0.0921. The summed E-state index contributed by atoms with van der Waals surface area (Å²) in [6.45, 7) is 7.47. The van der Waals surface area contributed by atoms with Crippen molar-refractivity contribution in [3.05, 3.63) is 52.6 Å². The van der Waals surface area contributed by atoms with Gasteiger partial charge in [-0.3, -0.25) is 14.7 Å². The van der Waals surface area contributed by atoms with Crippen LogP contribution in [0.4, 0.5) is 15.4 Å². The first-order valence-electron chi connectivity index (χ1n) is 11.3. The van der Waals surface area contributed by atoms with Crippen molar-refractivity contribution in [1.82, 2.24) is 19.4 Å². The highest BCUT2D eigenvalue weighted by Crippen LogP contribution is 2.22. The van der Waals surface area contributed by atoms with E-state index >= 15 is 0 Å². The lowest BCUT2D eigenvalue weighted by Crippen LogP contribution is -2.56. The molecule has 1 aromatic carbocycles. The Morgan fingerprint density at radius 2 is 1.58 bits per heavy atom. The van der Waals surface area contributed by atoms with Crippen LogP contribution < -0.4 is 16.7 Å². The van der Waals surface area contributed by atoms with E-state index in [2.05, 4.69) is 10.3 Å². The second-order valence-corrected chi connectivity index (χ2v) is 9.49. The van der Waals surface area contributed by atoms with E-state index in [4.69, 9.17) is 10.5 Å². The number of carbonyl (C=O) groups is 4. The zero-order chi connectivity index (χ0) is 26.7. The van der Waals surface area contributed by atoms with E-state index in [0.717, 1.165) is 11.8 Å². The molecule has 12 heteroatoms. The van der Waals surface area contributed by atoms with Crippen molar-refractivity contribution in [2.75, 3.05) is 31.5 Å². The molecule has 0 saturated carbocycles. The Labute approximate surface area is 208 Å². The lowest BCUT2D eigenvalue weighted by atomic mass is 9.86. The summed E-state index contributed by atoms with van der Waals surface area (Å²) in [6.07, 6.45) is 1.33. The van der Waals surface area contributed by atoms with Crippen LogP contribution in [0.3, 0.4) is 0 Å². The van der Waals surface area contributed by atoms with Gasteiger partial charge in [0.25, 0.3) is 5.91 Å². The third-order valence-corrected chi connectivity index (χ3v) is 5.95. The number of hydrogen-bond acceptors (Lipinski definition) is 7. The molecule has 2 heterocycles. The fourth-order valence-electron chi connectivity index (χ4n) is 3.77. The summed E-state index contributed by atoms with van der Waals surface area (Å²) in [7, 11) is 0. The highest BCUT2D eigenvalue weighted by atomic mass is 16.6. The topological polar surface area (TPSA) is 157 Å². The second kappa shape index (κ2) is 10.2. The standard InChI is InChI=1S/C24H30N6O6/c1-23(2,15-31)16-5-7-17(8-6-16)30-10-9-18(27-22(30)35)26-21(34)29-13-11-28(12-14-29)19(32)24(3,4)36-20(25)33/h5-10,15H,11-14H2,1-4H3,(H2,25,33)(H,26,27,34,35). The predicted octanol–water partition coefficient (Wildman–Crippen LogP) is 1.26. The van der Waals surface area contributed by atoms with Crippen LogP contribution in [-0.4, -0.2) is 75.4 Å². The fourth-order valence-corrected chi connectivity index (χ4v) is 3.77. The molecule has 12 nitrogen and oxygen atoms in total. The van der Waals surface area contributed by atoms with E-state index in [-0.39, 0.29) is 32.0 Å². The quantitative estimate of drug-likeness (QED) is 0.568. The first kappa shape index (κ1) is 26.4. The van der Waals surface area contributed by atoms with Crippen molar-refractivity contribution in [2.24, 2.45) is 5.73 Å². The van der Waals surface area contributed by atoms with Crippen LogP contribution in [0.1, 0.15) is 33.3 Å². The molecule has 0 radical (unpaired) electrons. The van der Waals surface area contributed by atoms with Gasteiger partial charge in [-0.1, -0.05) is 12.1 Å². The van der Waals surface area contributed by atoms with Crippen molar-refractivity contribution >= 4 is 30.1 Å². The zero-order valence-corrected chi connectivity index (χ0v) is 20.7. The lowest BCUT2D eigenvalue weighted by molar-refractivity contribution is -0.149. The SMILES string of the molecule is CC(C)(OC(N)=O)C(=O)N1CCN(C(=O)Nc2ccn(-c3ccc(C(C)(C)C=O)cc3)c(=O)n2)CC1. The number of piperazine rings is 1. The van der Waals surface area contributed by atoms with Crippen molar-refractivity contribution in [2.45, 2.75) is 38.7 Å². The number of hydrogen-bond donors (Lipinski definition) is 2. The Kier molecular flexibility index (Phi) is 7.46. The Morgan fingerprint density at radius 1 is 1.00 bits per heavy atom. The van der Waals surface area contributed by atoms with E-state index in [1.807, 2.05) is 0 Å². The van der Waals surface area contributed by atoms with Crippen LogP contribution >= 0.6 is 0 Å². The molecule has 0 bridgehead atoms. The van der Waals surface area contributed by atoms with Gasteiger partial charge < -0.3 is 25.1 Å². The molecule has 1 fully saturated rings. The number of ether oxygens (including phenoxy) is 1. The minimum Gasteiger partial charge on any atom is -0.434 e. The molecule has 0 atom stereocenters. The van der Waals surface area contributed by atoms with Gasteiger partial charge in [0.15, 0.2) is 5.60 Å². The van der Waals surface area contributed by atoms with Gasteiger partial charge in [-0.2, -0.15) is 4.98 Å². The maximum absolute atomic E-state index is 12.7. The summed E-state index contributed by atoms with van der Waals surface area (Å²) in [5.74, 6) is -0.316. The number of nitrogens with one attached hydrogen (secondary N) is 1. The van der Waals surface area contributed by atoms with Crippen LogP contribution in [0.5, 0.6) is 0 Å². The van der Waals surface area contributed by atoms with Crippen LogP contribution in [0.2, 0.25) is 0 Å². The summed E-state index contributed by atoms with van der Waals surface area (Å²) >= 11 is 0. The van der Waals surface area contributed by atoms with Gasteiger partial charge in [0, 0.05) is 37.8 Å². The van der Waals surface area contributed by atoms with Crippen molar-refractivity contribution in [3.63, 3.8) is 0 Å². The Balaban J connectivity index is 1.61. The molecule has 1 aliphatic rings. The number of urea groups is 1. The Bertz CT molecular complexity index is 1210. The largest absolute Gasteiger partial charge is 0.434 e. The maximum atomic E-state index is 12.7. The van der Waals surface area contributed by atoms with Crippen LogP contribution in [0.15, 0.2) is 41.3 Å². The minimum atomic E-state index is -1.41. The Morgan fingerprint density at radius 3 is 2.11 bits per heavy atom. The molecular formula is C24H30N6O6. The Hall–Kier alpha value is -4.22. The number of anilines is 1. The zero-order valence-electron chi connectivity index (χ0n) is 20.7. The molecule has 0 spiro atoms. The predicted molar refractivity (Wildman–Crippen MR) is 131 cm³/mol. The maximum Gasteiger partial charge on any atom is 0.405 e. The second-order valence-electron chi connectivity index (χ2n) is 9.49. The molecule has 36 heavy (non-hydrogen) atoms. The van der Waals surface area contributed by atoms with Gasteiger partial charge in [0.05, 0.1) is 5.69 Å². The molecule has 0 aliphatic carbocycles. The molecule has 4 amide bonds. The highest BCUT2D eigenvalue weighted by Gasteiger charge is 2.37. The van der Waals surface area contributed by atoms with E-state index in [0.29, 0.717) is 5.69 Å². The molecule has 192 valence electrons. The molecule has 3 N–H and O–H groups in total. The van der Waals surface area contributed by atoms with Gasteiger partial charge in [0.2, 0.25) is 0 Å². The summed E-state index contributed by atoms with van der Waals surface area (Å²) in [5.41, 5.74) is 3.79. The molecule has 0 unspecified atom stereocenters. The van der Waals surface area contributed by atoms with Crippen LogP contribution in [0.25, 0.3) is 5.69 Å². The first-order chi connectivity index (χ1) is 16.8. The summed E-state index contributed by atoms with van der Waals surface area (Å²) in [6, 6.07) is 8.04. The van der Waals surface area contributed by atoms with Crippen molar-refractivity contribution < 1.29 is 23.9 Å². The third kappa shape index (κ3) is 5.88. The number of benzene rings is 1. The molecule has 1 aromatic heterocycles. The van der Waals surface area contributed by atoms with Gasteiger partial charge in [0.1, 0.15) is 12.1 Å². The molecule has 2 aromatic rings. The van der Waals surface area contributed by atoms with Gasteiger partial charge >= 0.3 is 17.8 Å². The number of rotatable bonds is 6. The highest BCUT2D eigenvalue weighted by molar-refractivity contribution is 5.89. The molecule has 1 saturated heterocycles. The van der Waals surface area contributed by atoms with Gasteiger partial charge in [-0.15, -0.1) is 0 Å². The lowest BCUT2D eigenvalue weighted by Gasteiger charge is -2.37. The number of amides is 4. The van der Waals surface area contributed by atoms with Crippen LogP contribution in [-0.2, 0) is 19.7 Å². The first-order valence-corrected chi connectivity index (χ1v) is 11.3. The third-order valence-electron chi connectivity index (χ3n) is 5.95. The number of primary amides is 1. The molecule has 1 aliphatic heterocycles. The van der Waals surface area contributed by atoms with Gasteiger partial charge in [-0.25, -0.2) is 14.4 Å². The smallest absolute Gasteiger partial charge is 0.405 e. The van der Waals surface area contributed by atoms with Crippen molar-refractivity contribution in [1.29, 1.82) is 0 Å². The number of carbonyl (C=O) groups excluding carboxylic acids is 4. The number of aldehydes is 1. The molecule has 3 rings (SSSR count). The van der Waals surface area contributed by atoms with E-state index < -0.39 is 34.7 Å².